The minimum Gasteiger partial charge on any atom is -0.466 e. The third kappa shape index (κ3) is 3.33. The van der Waals surface area contributed by atoms with Gasteiger partial charge in [0.2, 0.25) is 5.91 Å². The van der Waals surface area contributed by atoms with Gasteiger partial charge in [0.05, 0.1) is 13.0 Å². The summed E-state index contributed by atoms with van der Waals surface area (Å²) in [4.78, 5) is 25.8. The molecule has 0 radical (unpaired) electrons. The molecular weight excluding hydrogens is 254 g/mol. The lowest BCUT2D eigenvalue weighted by molar-refractivity contribution is -0.146. The normalized spacial score (nSPS) is 31.2. The first-order valence-electron chi connectivity index (χ1n) is 7.70. The van der Waals surface area contributed by atoms with E-state index in [1.165, 1.54) is 6.42 Å². The van der Waals surface area contributed by atoms with Gasteiger partial charge in [-0.15, -0.1) is 0 Å². The quantitative estimate of drug-likeness (QED) is 0.744. The van der Waals surface area contributed by atoms with Crippen LogP contribution in [0, 0.1) is 10.8 Å². The maximum Gasteiger partial charge on any atom is 0.306 e. The van der Waals surface area contributed by atoms with E-state index in [-0.39, 0.29) is 30.1 Å². The van der Waals surface area contributed by atoms with Gasteiger partial charge in [0.15, 0.2) is 0 Å². The molecule has 1 aliphatic heterocycles. The van der Waals surface area contributed by atoms with E-state index in [0.29, 0.717) is 18.1 Å². The van der Waals surface area contributed by atoms with Crippen molar-refractivity contribution in [3.05, 3.63) is 0 Å². The molecule has 4 heteroatoms. The SMILES string of the molecule is CCOC(=O)CCC(=O)N1CC2(C)CC1CC(C)(C)C2. The molecule has 0 spiro atoms. The number of esters is 1. The van der Waals surface area contributed by atoms with E-state index in [0.717, 1.165) is 19.4 Å². The molecule has 0 aromatic rings. The zero-order valence-corrected chi connectivity index (χ0v) is 13.2. The predicted molar refractivity (Wildman–Crippen MR) is 77.1 cm³/mol. The van der Waals surface area contributed by atoms with Crippen LogP contribution in [-0.2, 0) is 14.3 Å². The second-order valence-corrected chi connectivity index (χ2v) is 7.54. The molecule has 114 valence electrons. The molecule has 1 heterocycles. The molecule has 4 nitrogen and oxygen atoms in total. The number of fused-ring (bicyclic) bond motifs is 2. The number of amides is 1. The third-order valence-electron chi connectivity index (χ3n) is 4.58. The topological polar surface area (TPSA) is 46.6 Å². The van der Waals surface area contributed by atoms with Crippen molar-refractivity contribution in [1.82, 2.24) is 4.90 Å². The highest BCUT2D eigenvalue weighted by Crippen LogP contribution is 2.52. The molecule has 1 saturated heterocycles. The second-order valence-electron chi connectivity index (χ2n) is 7.54. The zero-order valence-electron chi connectivity index (χ0n) is 13.2. The Labute approximate surface area is 121 Å². The van der Waals surface area contributed by atoms with Crippen molar-refractivity contribution in [2.75, 3.05) is 13.2 Å². The summed E-state index contributed by atoms with van der Waals surface area (Å²) in [6.07, 6.45) is 3.86. The minimum absolute atomic E-state index is 0.115. The van der Waals surface area contributed by atoms with E-state index in [9.17, 15) is 9.59 Å². The highest BCUT2D eigenvalue weighted by atomic mass is 16.5. The second kappa shape index (κ2) is 5.38. The van der Waals surface area contributed by atoms with Crippen molar-refractivity contribution < 1.29 is 14.3 Å². The van der Waals surface area contributed by atoms with E-state index in [4.69, 9.17) is 4.74 Å². The van der Waals surface area contributed by atoms with E-state index in [1.807, 2.05) is 4.90 Å². The third-order valence-corrected chi connectivity index (χ3v) is 4.58. The van der Waals surface area contributed by atoms with Gasteiger partial charge in [0.1, 0.15) is 0 Å². The summed E-state index contributed by atoms with van der Waals surface area (Å²) in [6.45, 7) is 9.90. The number of ether oxygens (including phenoxy) is 1. The van der Waals surface area contributed by atoms with Crippen LogP contribution in [0.5, 0.6) is 0 Å². The summed E-state index contributed by atoms with van der Waals surface area (Å²) >= 11 is 0. The first-order valence-corrected chi connectivity index (χ1v) is 7.70. The summed E-state index contributed by atoms with van der Waals surface area (Å²) in [5, 5.41) is 0. The average molecular weight is 281 g/mol. The fraction of sp³-hybridized carbons (Fsp3) is 0.875. The van der Waals surface area contributed by atoms with Gasteiger partial charge in [-0.1, -0.05) is 20.8 Å². The van der Waals surface area contributed by atoms with E-state index in [1.54, 1.807) is 6.92 Å². The van der Waals surface area contributed by atoms with E-state index >= 15 is 0 Å². The van der Waals surface area contributed by atoms with Crippen LogP contribution in [0.1, 0.15) is 59.8 Å². The average Bonchev–Trinajstić information content (AvgIpc) is 2.56. The number of likely N-dealkylation sites (tertiary alicyclic amines) is 1. The van der Waals surface area contributed by atoms with Gasteiger partial charge >= 0.3 is 5.97 Å². The summed E-state index contributed by atoms with van der Waals surface area (Å²) in [5.74, 6) is -0.154. The van der Waals surface area contributed by atoms with Gasteiger partial charge in [0.25, 0.3) is 0 Å². The first-order chi connectivity index (χ1) is 9.25. The molecule has 2 atom stereocenters. The highest BCUT2D eigenvalue weighted by Gasteiger charge is 2.50. The summed E-state index contributed by atoms with van der Waals surface area (Å²) in [5.41, 5.74) is 0.569. The number of hydrogen-bond donors (Lipinski definition) is 0. The van der Waals surface area contributed by atoms with Gasteiger partial charge in [-0.3, -0.25) is 9.59 Å². The van der Waals surface area contributed by atoms with Gasteiger partial charge in [-0.05, 0) is 37.0 Å². The Hall–Kier alpha value is -1.06. The number of nitrogens with zero attached hydrogens (tertiary/aromatic N) is 1. The number of hydrogen-bond acceptors (Lipinski definition) is 3. The lowest BCUT2D eigenvalue weighted by Crippen LogP contribution is -2.37. The Kier molecular flexibility index (Phi) is 4.12. The molecule has 0 N–H and O–H groups in total. The van der Waals surface area contributed by atoms with E-state index < -0.39 is 0 Å². The Morgan fingerprint density at radius 2 is 1.90 bits per heavy atom. The molecule has 0 aromatic heterocycles. The summed E-state index contributed by atoms with van der Waals surface area (Å²) in [6, 6.07) is 0.360. The largest absolute Gasteiger partial charge is 0.466 e. The highest BCUT2D eigenvalue weighted by molar-refractivity contribution is 5.82. The predicted octanol–water partition coefficient (Wildman–Crippen LogP) is 2.76. The van der Waals surface area contributed by atoms with Gasteiger partial charge in [-0.25, -0.2) is 0 Å². The fourth-order valence-corrected chi connectivity index (χ4v) is 4.34. The number of carbonyl (C=O) groups excluding carboxylic acids is 2. The monoisotopic (exact) mass is 281 g/mol. The van der Waals surface area contributed by atoms with Crippen LogP contribution >= 0.6 is 0 Å². The molecule has 2 aliphatic rings. The van der Waals surface area contributed by atoms with Crippen molar-refractivity contribution in [1.29, 1.82) is 0 Å². The van der Waals surface area contributed by atoms with Gasteiger partial charge in [-0.2, -0.15) is 0 Å². The van der Waals surface area contributed by atoms with Gasteiger partial charge < -0.3 is 9.64 Å². The van der Waals surface area contributed by atoms with Crippen LogP contribution in [0.3, 0.4) is 0 Å². The molecule has 1 saturated carbocycles. The van der Waals surface area contributed by atoms with Gasteiger partial charge in [0, 0.05) is 19.0 Å². The summed E-state index contributed by atoms with van der Waals surface area (Å²) in [7, 11) is 0. The van der Waals surface area contributed by atoms with Crippen molar-refractivity contribution in [3.63, 3.8) is 0 Å². The van der Waals surface area contributed by atoms with Crippen LogP contribution in [0.2, 0.25) is 0 Å². The maximum absolute atomic E-state index is 12.4. The van der Waals surface area contributed by atoms with Crippen LogP contribution in [0.4, 0.5) is 0 Å². The molecular formula is C16H27NO3. The van der Waals surface area contributed by atoms with Crippen LogP contribution in [-0.4, -0.2) is 36.0 Å². The number of carbonyl (C=O) groups is 2. The van der Waals surface area contributed by atoms with Crippen molar-refractivity contribution >= 4 is 11.9 Å². The molecule has 1 aliphatic carbocycles. The van der Waals surface area contributed by atoms with Crippen LogP contribution in [0.15, 0.2) is 0 Å². The number of rotatable bonds is 4. The Bertz CT molecular complexity index is 405. The van der Waals surface area contributed by atoms with Crippen molar-refractivity contribution in [2.24, 2.45) is 10.8 Å². The van der Waals surface area contributed by atoms with E-state index in [2.05, 4.69) is 20.8 Å². The Morgan fingerprint density at radius 3 is 2.55 bits per heavy atom. The van der Waals surface area contributed by atoms with Crippen LogP contribution in [0.25, 0.3) is 0 Å². The fourth-order valence-electron chi connectivity index (χ4n) is 4.34. The first kappa shape index (κ1) is 15.3. The lowest BCUT2D eigenvalue weighted by Gasteiger charge is -2.39. The van der Waals surface area contributed by atoms with Crippen LogP contribution < -0.4 is 0 Å². The molecule has 0 aromatic carbocycles. The Morgan fingerprint density at radius 1 is 1.20 bits per heavy atom. The molecule has 2 unspecified atom stereocenters. The molecule has 20 heavy (non-hydrogen) atoms. The molecule has 2 bridgehead atoms. The lowest BCUT2D eigenvalue weighted by atomic mass is 9.65. The zero-order chi connectivity index (χ0) is 15.0. The Balaban J connectivity index is 1.94. The standard InChI is InChI=1S/C16H27NO3/c1-5-20-14(19)7-6-13(18)17-11-16(4)9-12(17)8-15(2,3)10-16/h12H,5-11H2,1-4H3. The molecule has 2 fully saturated rings. The maximum atomic E-state index is 12.4. The van der Waals surface area contributed by atoms with Crippen molar-refractivity contribution in [2.45, 2.75) is 65.8 Å². The minimum atomic E-state index is -0.269. The van der Waals surface area contributed by atoms with Crippen molar-refractivity contribution in [3.8, 4) is 0 Å². The molecule has 2 rings (SSSR count). The smallest absolute Gasteiger partial charge is 0.306 e. The molecule has 1 amide bonds. The summed E-state index contributed by atoms with van der Waals surface area (Å²) < 4.78 is 4.88.